The summed E-state index contributed by atoms with van der Waals surface area (Å²) in [7, 11) is 2.06. The summed E-state index contributed by atoms with van der Waals surface area (Å²) < 4.78 is 0. The third-order valence-electron chi connectivity index (χ3n) is 4.22. The maximum atomic E-state index is 6.32. The predicted octanol–water partition coefficient (Wildman–Crippen LogP) is 6.11. The summed E-state index contributed by atoms with van der Waals surface area (Å²) in [5.41, 5.74) is 1.37. The van der Waals surface area contributed by atoms with Gasteiger partial charge in [-0.2, -0.15) is 0 Å². The highest BCUT2D eigenvalue weighted by molar-refractivity contribution is 6.35. The molecule has 0 saturated carbocycles. The molecule has 0 radical (unpaired) electrons. The van der Waals surface area contributed by atoms with E-state index in [-0.39, 0.29) is 0 Å². The lowest BCUT2D eigenvalue weighted by Crippen LogP contribution is -2.16. The Morgan fingerprint density at radius 1 is 0.952 bits per heavy atom. The Balaban J connectivity index is 2.13. The van der Waals surface area contributed by atoms with E-state index in [2.05, 4.69) is 49.6 Å². The van der Waals surface area contributed by atoms with E-state index < -0.39 is 0 Å². The van der Waals surface area contributed by atoms with Crippen molar-refractivity contribution < 1.29 is 0 Å². The van der Waals surface area contributed by atoms with Gasteiger partial charge in [0.2, 0.25) is 0 Å². The summed E-state index contributed by atoms with van der Waals surface area (Å²) >= 11 is 6.32. The van der Waals surface area contributed by atoms with Crippen molar-refractivity contribution in [2.75, 3.05) is 7.05 Å². The van der Waals surface area contributed by atoms with Crippen LogP contribution in [0.2, 0.25) is 5.02 Å². The van der Waals surface area contributed by atoms with E-state index in [1.165, 1.54) is 49.5 Å². The van der Waals surface area contributed by atoms with Crippen LogP contribution < -0.4 is 5.32 Å². The van der Waals surface area contributed by atoms with Crippen molar-refractivity contribution in [2.24, 2.45) is 0 Å². The monoisotopic (exact) mass is 303 g/mol. The third kappa shape index (κ3) is 4.21. The summed E-state index contributed by atoms with van der Waals surface area (Å²) in [4.78, 5) is 0. The number of rotatable bonds is 8. The van der Waals surface area contributed by atoms with Gasteiger partial charge in [-0.1, -0.05) is 81.0 Å². The SMILES string of the molecule is CCCCCCCC(NC)c1ccc(Cl)c2ccccc12. The summed E-state index contributed by atoms with van der Waals surface area (Å²) in [6, 6.07) is 13.0. The molecule has 0 fully saturated rings. The Bertz CT molecular complexity index is 564. The Kier molecular flexibility index (Phi) is 6.53. The lowest BCUT2D eigenvalue weighted by molar-refractivity contribution is 0.503. The van der Waals surface area contributed by atoms with Crippen molar-refractivity contribution in [2.45, 2.75) is 51.5 Å². The van der Waals surface area contributed by atoms with Crippen molar-refractivity contribution >= 4 is 22.4 Å². The van der Waals surface area contributed by atoms with Gasteiger partial charge in [0.1, 0.15) is 0 Å². The fourth-order valence-corrected chi connectivity index (χ4v) is 3.22. The molecule has 0 saturated heterocycles. The fourth-order valence-electron chi connectivity index (χ4n) is 3.00. The van der Waals surface area contributed by atoms with E-state index in [1.54, 1.807) is 0 Å². The van der Waals surface area contributed by atoms with Crippen LogP contribution in [0.15, 0.2) is 36.4 Å². The van der Waals surface area contributed by atoms with Crippen LogP contribution in [-0.2, 0) is 0 Å². The van der Waals surface area contributed by atoms with Crippen LogP contribution >= 0.6 is 11.6 Å². The molecule has 2 aromatic rings. The van der Waals surface area contributed by atoms with E-state index >= 15 is 0 Å². The zero-order chi connectivity index (χ0) is 15.1. The molecule has 1 unspecified atom stereocenters. The predicted molar refractivity (Wildman–Crippen MR) is 94.1 cm³/mol. The van der Waals surface area contributed by atoms with Crippen molar-refractivity contribution in [1.29, 1.82) is 0 Å². The lowest BCUT2D eigenvalue weighted by Gasteiger charge is -2.19. The van der Waals surface area contributed by atoms with Crippen LogP contribution in [0.4, 0.5) is 0 Å². The molecular weight excluding hydrogens is 278 g/mol. The Morgan fingerprint density at radius 3 is 2.38 bits per heavy atom. The number of hydrogen-bond donors (Lipinski definition) is 1. The molecule has 2 rings (SSSR count). The van der Waals surface area contributed by atoms with E-state index in [0.29, 0.717) is 6.04 Å². The first-order valence-corrected chi connectivity index (χ1v) is 8.50. The highest BCUT2D eigenvalue weighted by atomic mass is 35.5. The molecule has 0 aliphatic carbocycles. The largest absolute Gasteiger partial charge is 0.313 e. The zero-order valence-electron chi connectivity index (χ0n) is 13.2. The molecule has 1 N–H and O–H groups in total. The third-order valence-corrected chi connectivity index (χ3v) is 4.55. The van der Waals surface area contributed by atoms with Crippen molar-refractivity contribution in [1.82, 2.24) is 5.32 Å². The topological polar surface area (TPSA) is 12.0 Å². The van der Waals surface area contributed by atoms with Gasteiger partial charge in [-0.05, 0) is 30.5 Å². The molecule has 1 nitrogen and oxygen atoms in total. The first-order chi connectivity index (χ1) is 10.3. The second-order valence-corrected chi connectivity index (χ2v) is 6.13. The molecule has 21 heavy (non-hydrogen) atoms. The Morgan fingerprint density at radius 2 is 1.67 bits per heavy atom. The van der Waals surface area contributed by atoms with Gasteiger partial charge in [0.25, 0.3) is 0 Å². The van der Waals surface area contributed by atoms with Crippen LogP contribution in [0, 0.1) is 0 Å². The molecule has 1 atom stereocenters. The molecule has 0 aliphatic rings. The molecule has 0 bridgehead atoms. The maximum Gasteiger partial charge on any atom is 0.0484 e. The smallest absolute Gasteiger partial charge is 0.0484 e. The molecule has 0 aliphatic heterocycles. The second-order valence-electron chi connectivity index (χ2n) is 5.73. The van der Waals surface area contributed by atoms with E-state index in [4.69, 9.17) is 11.6 Å². The first kappa shape index (κ1) is 16.3. The van der Waals surface area contributed by atoms with Crippen molar-refractivity contribution in [3.05, 3.63) is 47.0 Å². The average Bonchev–Trinajstić information content (AvgIpc) is 2.52. The van der Waals surface area contributed by atoms with Gasteiger partial charge in [0.05, 0.1) is 0 Å². The molecule has 0 heterocycles. The van der Waals surface area contributed by atoms with Gasteiger partial charge in [-0.3, -0.25) is 0 Å². The lowest BCUT2D eigenvalue weighted by atomic mass is 9.95. The molecule has 2 aromatic carbocycles. The summed E-state index contributed by atoms with van der Waals surface area (Å²) in [6.07, 6.45) is 7.81. The first-order valence-electron chi connectivity index (χ1n) is 8.12. The highest BCUT2D eigenvalue weighted by Gasteiger charge is 2.13. The number of hydrogen-bond acceptors (Lipinski definition) is 1. The van der Waals surface area contributed by atoms with Gasteiger partial charge in [-0.25, -0.2) is 0 Å². The summed E-state index contributed by atoms with van der Waals surface area (Å²) in [6.45, 7) is 2.26. The van der Waals surface area contributed by atoms with Crippen LogP contribution in [0.25, 0.3) is 10.8 Å². The molecule has 0 aromatic heterocycles. The maximum absolute atomic E-state index is 6.32. The van der Waals surface area contributed by atoms with Crippen molar-refractivity contribution in [3.8, 4) is 0 Å². The van der Waals surface area contributed by atoms with Crippen LogP contribution in [-0.4, -0.2) is 7.05 Å². The summed E-state index contributed by atoms with van der Waals surface area (Å²) in [5.74, 6) is 0. The van der Waals surface area contributed by atoms with E-state index in [1.807, 2.05) is 6.07 Å². The highest BCUT2D eigenvalue weighted by Crippen LogP contribution is 2.31. The number of benzene rings is 2. The zero-order valence-corrected chi connectivity index (χ0v) is 13.9. The molecule has 0 amide bonds. The minimum absolute atomic E-state index is 0.411. The number of nitrogens with one attached hydrogen (secondary N) is 1. The van der Waals surface area contributed by atoms with Gasteiger partial charge in [0.15, 0.2) is 0 Å². The van der Waals surface area contributed by atoms with Crippen LogP contribution in [0.3, 0.4) is 0 Å². The van der Waals surface area contributed by atoms with Gasteiger partial charge in [-0.15, -0.1) is 0 Å². The number of unbranched alkanes of at least 4 members (excludes halogenated alkanes) is 4. The van der Waals surface area contributed by atoms with Gasteiger partial charge < -0.3 is 5.32 Å². The van der Waals surface area contributed by atoms with Crippen LogP contribution in [0.1, 0.15) is 57.1 Å². The standard InChI is InChI=1S/C19H26ClN/c1-3-4-5-6-7-12-19(21-2)17-13-14-18(20)16-11-9-8-10-15(16)17/h8-11,13-14,19,21H,3-7,12H2,1-2H3. The second kappa shape index (κ2) is 8.41. The molecule has 114 valence electrons. The molecule has 2 heteroatoms. The molecule has 0 spiro atoms. The number of halogens is 1. The van der Waals surface area contributed by atoms with Crippen LogP contribution in [0.5, 0.6) is 0 Å². The number of fused-ring (bicyclic) bond motifs is 1. The fraction of sp³-hybridized carbons (Fsp3) is 0.474. The average molecular weight is 304 g/mol. The quantitative estimate of drug-likeness (QED) is 0.580. The minimum atomic E-state index is 0.411. The normalized spacial score (nSPS) is 12.7. The van der Waals surface area contributed by atoms with Gasteiger partial charge >= 0.3 is 0 Å². The Hall–Kier alpha value is -1.05. The molecular formula is C19H26ClN. The van der Waals surface area contributed by atoms with E-state index in [9.17, 15) is 0 Å². The summed E-state index contributed by atoms with van der Waals surface area (Å²) in [5, 5.41) is 6.75. The minimum Gasteiger partial charge on any atom is -0.313 e. The van der Waals surface area contributed by atoms with Crippen molar-refractivity contribution in [3.63, 3.8) is 0 Å². The van der Waals surface area contributed by atoms with Gasteiger partial charge in [0, 0.05) is 16.5 Å². The Labute approximate surface area is 133 Å². The van der Waals surface area contributed by atoms with E-state index in [0.717, 1.165) is 10.4 Å².